The molecule has 2 N–H and O–H groups in total. The van der Waals surface area contributed by atoms with E-state index >= 15 is 0 Å². The quantitative estimate of drug-likeness (QED) is 0.353. The van der Waals surface area contributed by atoms with Crippen LogP contribution in [-0.2, 0) is 9.53 Å². The highest BCUT2D eigenvalue weighted by Gasteiger charge is 2.33. The van der Waals surface area contributed by atoms with Gasteiger partial charge in [0, 0.05) is 10.9 Å². The fraction of sp³-hybridized carbons (Fsp3) is 0.296. The fourth-order valence-electron chi connectivity index (χ4n) is 4.42. The van der Waals surface area contributed by atoms with Crippen LogP contribution in [0.3, 0.4) is 0 Å². The van der Waals surface area contributed by atoms with Crippen LogP contribution in [0.5, 0.6) is 5.88 Å². The van der Waals surface area contributed by atoms with Crippen molar-refractivity contribution in [1.82, 2.24) is 9.97 Å². The highest BCUT2D eigenvalue weighted by atomic mass is 19.1. The maximum absolute atomic E-state index is 13.9. The number of benzene rings is 2. The molecule has 0 radical (unpaired) electrons. The van der Waals surface area contributed by atoms with Crippen molar-refractivity contribution in [2.24, 2.45) is 0 Å². The van der Waals surface area contributed by atoms with Gasteiger partial charge in [0.1, 0.15) is 5.82 Å². The Balaban J connectivity index is 2.22. The second-order valence-electron chi connectivity index (χ2n) is 9.56. The first kappa shape index (κ1) is 23.6. The molecule has 0 aliphatic carbocycles. The number of carbonyl (C=O) groups is 1. The third-order valence-corrected chi connectivity index (χ3v) is 5.86. The lowest BCUT2D eigenvalue weighted by atomic mass is 9.85. The lowest BCUT2D eigenvalue weighted by molar-refractivity contribution is -0.160. The minimum atomic E-state index is -1.28. The van der Waals surface area contributed by atoms with Crippen molar-refractivity contribution in [2.75, 3.05) is 0 Å². The maximum atomic E-state index is 13.9. The number of hydrogen-bond donors (Lipinski definition) is 2. The molecule has 4 aromatic rings. The monoisotopic (exact) mass is 462 g/mol. The molecule has 0 fully saturated rings. The Morgan fingerprint density at radius 3 is 2.29 bits per heavy atom. The van der Waals surface area contributed by atoms with Crippen molar-refractivity contribution >= 4 is 27.8 Å². The van der Waals surface area contributed by atoms with Crippen LogP contribution in [0.2, 0.25) is 0 Å². The van der Waals surface area contributed by atoms with Crippen molar-refractivity contribution in [2.45, 2.75) is 53.2 Å². The summed E-state index contributed by atoms with van der Waals surface area (Å²) >= 11 is 0. The molecule has 2 aromatic carbocycles. The number of carboxylic acids is 1. The van der Waals surface area contributed by atoms with Gasteiger partial charge in [-0.3, -0.25) is 4.98 Å². The predicted octanol–water partition coefficient (Wildman–Crippen LogP) is 6.16. The molecule has 6 nitrogen and oxygen atoms in total. The second kappa shape index (κ2) is 8.33. The van der Waals surface area contributed by atoms with Crippen LogP contribution in [0.4, 0.5) is 4.39 Å². The van der Waals surface area contributed by atoms with Crippen molar-refractivity contribution < 1.29 is 24.1 Å². The average Bonchev–Trinajstić information content (AvgIpc) is 2.75. The van der Waals surface area contributed by atoms with Crippen molar-refractivity contribution in [3.63, 3.8) is 0 Å². The molecule has 2 aromatic heterocycles. The van der Waals surface area contributed by atoms with Crippen molar-refractivity contribution in [1.29, 1.82) is 0 Å². The molecule has 0 saturated carbocycles. The molecule has 1 atom stereocenters. The molecule has 34 heavy (non-hydrogen) atoms. The van der Waals surface area contributed by atoms with Gasteiger partial charge in [0.25, 0.3) is 0 Å². The Kier molecular flexibility index (Phi) is 5.77. The van der Waals surface area contributed by atoms with E-state index < -0.39 is 23.5 Å². The molecule has 176 valence electrons. The third kappa shape index (κ3) is 4.07. The zero-order chi connectivity index (χ0) is 24.9. The third-order valence-electron chi connectivity index (χ3n) is 5.86. The first-order valence-electron chi connectivity index (χ1n) is 11.0. The van der Waals surface area contributed by atoms with Gasteiger partial charge >= 0.3 is 5.97 Å². The molecular weight excluding hydrogens is 435 g/mol. The summed E-state index contributed by atoms with van der Waals surface area (Å²) < 4.78 is 19.9. The van der Waals surface area contributed by atoms with Gasteiger partial charge in [-0.25, -0.2) is 14.2 Å². The minimum absolute atomic E-state index is 0.193. The number of aromatic nitrogens is 2. The number of rotatable bonds is 4. The first-order chi connectivity index (χ1) is 15.9. The van der Waals surface area contributed by atoms with Gasteiger partial charge < -0.3 is 14.9 Å². The van der Waals surface area contributed by atoms with Gasteiger partial charge in [-0.2, -0.15) is 0 Å². The molecule has 0 aliphatic heterocycles. The lowest BCUT2D eigenvalue weighted by Crippen LogP contribution is -2.28. The molecule has 0 spiro atoms. The molecule has 7 heteroatoms. The van der Waals surface area contributed by atoms with Gasteiger partial charge in [0.15, 0.2) is 6.10 Å². The highest BCUT2D eigenvalue weighted by Crippen LogP contribution is 2.44. The summed E-state index contributed by atoms with van der Waals surface area (Å²) in [6, 6.07) is 8.98. The van der Waals surface area contributed by atoms with Gasteiger partial charge in [0.05, 0.1) is 28.2 Å². The first-order valence-corrected chi connectivity index (χ1v) is 11.0. The summed E-state index contributed by atoms with van der Waals surface area (Å²) in [6.07, 6.45) is -0.182. The highest BCUT2D eigenvalue weighted by molar-refractivity contribution is 6.11. The lowest BCUT2D eigenvalue weighted by Gasteiger charge is -2.29. The number of nitrogens with zero attached hydrogens (tertiary/aromatic N) is 2. The van der Waals surface area contributed by atoms with Crippen LogP contribution in [0.25, 0.3) is 32.9 Å². The summed E-state index contributed by atoms with van der Waals surface area (Å²) in [5, 5.41) is 21.6. The van der Waals surface area contributed by atoms with E-state index in [1.807, 2.05) is 38.1 Å². The van der Waals surface area contributed by atoms with Crippen LogP contribution in [0.15, 0.2) is 36.5 Å². The Morgan fingerprint density at radius 2 is 1.71 bits per heavy atom. The average molecular weight is 463 g/mol. The van der Waals surface area contributed by atoms with Crippen LogP contribution in [0, 0.1) is 26.6 Å². The molecular formula is C27H27FN2O4. The number of aliphatic carboxylic acids is 1. The fourth-order valence-corrected chi connectivity index (χ4v) is 4.42. The number of aromatic hydroxyl groups is 1. The summed E-state index contributed by atoms with van der Waals surface area (Å²) in [5.74, 6) is -2.08. The molecule has 0 unspecified atom stereocenters. The normalized spacial score (nSPS) is 12.9. The van der Waals surface area contributed by atoms with E-state index in [0.29, 0.717) is 33.1 Å². The SMILES string of the molecule is Cc1ccc(-c2c([C@H](OC(C)(C)C)C(=O)O)c(C)c3nc(O)c4cc(F)cnc4c3c2C)cc1. The number of ether oxygens (including phenoxy) is 1. The van der Waals surface area contributed by atoms with Crippen LogP contribution >= 0.6 is 0 Å². The van der Waals surface area contributed by atoms with Gasteiger partial charge in [-0.05, 0) is 69.9 Å². The number of hydrogen-bond acceptors (Lipinski definition) is 5. The second-order valence-corrected chi connectivity index (χ2v) is 9.56. The topological polar surface area (TPSA) is 92.5 Å². The maximum Gasteiger partial charge on any atom is 0.337 e. The number of carboxylic acid groups (broad SMARTS) is 1. The Bertz CT molecular complexity index is 1440. The number of aryl methyl sites for hydroxylation is 3. The van der Waals surface area contributed by atoms with Gasteiger partial charge in [-0.15, -0.1) is 0 Å². The van der Waals surface area contributed by atoms with E-state index in [0.717, 1.165) is 22.9 Å². The van der Waals surface area contributed by atoms with E-state index in [1.54, 1.807) is 27.7 Å². The van der Waals surface area contributed by atoms with E-state index in [1.165, 1.54) is 6.07 Å². The molecule has 0 saturated heterocycles. The van der Waals surface area contributed by atoms with Crippen molar-refractivity contribution in [3.8, 4) is 17.0 Å². The summed E-state index contributed by atoms with van der Waals surface area (Å²) in [6.45, 7) is 11.0. The summed E-state index contributed by atoms with van der Waals surface area (Å²) in [5.41, 5.74) is 4.37. The van der Waals surface area contributed by atoms with E-state index in [2.05, 4.69) is 9.97 Å². The Hall–Kier alpha value is -3.58. The molecule has 0 amide bonds. The number of halogens is 1. The number of fused-ring (bicyclic) bond motifs is 3. The minimum Gasteiger partial charge on any atom is -0.493 e. The molecule has 4 rings (SSSR count). The molecule has 0 aliphatic rings. The zero-order valence-electron chi connectivity index (χ0n) is 20.0. The van der Waals surface area contributed by atoms with Crippen LogP contribution in [0.1, 0.15) is 49.1 Å². The van der Waals surface area contributed by atoms with Crippen LogP contribution in [-0.4, -0.2) is 31.8 Å². The Labute approximate surface area is 197 Å². The van der Waals surface area contributed by atoms with E-state index in [4.69, 9.17) is 4.74 Å². The largest absolute Gasteiger partial charge is 0.493 e. The van der Waals surface area contributed by atoms with Crippen LogP contribution < -0.4 is 0 Å². The Morgan fingerprint density at radius 1 is 1.06 bits per heavy atom. The zero-order valence-corrected chi connectivity index (χ0v) is 20.0. The predicted molar refractivity (Wildman–Crippen MR) is 130 cm³/mol. The van der Waals surface area contributed by atoms with Gasteiger partial charge in [0.2, 0.25) is 5.88 Å². The van der Waals surface area contributed by atoms with Crippen molar-refractivity contribution in [3.05, 3.63) is 64.6 Å². The standard InChI is InChI=1S/C27H27FN2O4/c1-13-7-9-16(10-8-13)19-14(2)21-22(30-25(31)18-11-17(28)12-29-23(18)21)15(3)20(19)24(26(32)33)34-27(4,5)6/h7-12,24H,1-6H3,(H,30,31)(H,32,33)/t24-/m0/s1. The molecule has 2 heterocycles. The van der Waals surface area contributed by atoms with E-state index in [9.17, 15) is 19.4 Å². The van der Waals surface area contributed by atoms with E-state index in [-0.39, 0.29) is 11.3 Å². The smallest absolute Gasteiger partial charge is 0.337 e. The summed E-state index contributed by atoms with van der Waals surface area (Å²) in [7, 11) is 0. The van der Waals surface area contributed by atoms with Gasteiger partial charge in [-0.1, -0.05) is 29.8 Å². The molecule has 0 bridgehead atoms. The number of pyridine rings is 2. The summed E-state index contributed by atoms with van der Waals surface area (Å²) in [4.78, 5) is 21.1.